The lowest BCUT2D eigenvalue weighted by molar-refractivity contribution is -0.118. The van der Waals surface area contributed by atoms with Crippen LogP contribution in [0.15, 0.2) is 82.7 Å². The highest BCUT2D eigenvalue weighted by molar-refractivity contribution is 7.99. The number of aromatic nitrogens is 2. The van der Waals surface area contributed by atoms with Crippen LogP contribution in [0.1, 0.15) is 24.1 Å². The summed E-state index contributed by atoms with van der Waals surface area (Å²) in [4.78, 5) is 30.7. The van der Waals surface area contributed by atoms with Gasteiger partial charge in [-0.2, -0.15) is 0 Å². The summed E-state index contributed by atoms with van der Waals surface area (Å²) < 4.78 is 12.4. The molecule has 0 bridgehead atoms. The van der Waals surface area contributed by atoms with E-state index in [1.165, 1.54) is 11.8 Å². The van der Waals surface area contributed by atoms with Crippen molar-refractivity contribution in [3.63, 3.8) is 0 Å². The SMILES string of the molecule is C[C@@H](c1ccccc1)n1c(SCC(=O)NCc2ccc3c(c2)OCO3)nc2ccccc2c1=O. The van der Waals surface area contributed by atoms with E-state index in [9.17, 15) is 9.59 Å². The fraction of sp³-hybridized carbons (Fsp3) is 0.192. The standard InChI is InChI=1S/C26H23N3O4S/c1-17(19-7-3-2-4-8-19)29-25(31)20-9-5-6-10-21(20)28-26(29)34-15-24(30)27-14-18-11-12-22-23(13-18)33-16-32-22/h2-13,17H,14-16H2,1H3,(H,27,30)/t17-/m0/s1. The van der Waals surface area contributed by atoms with Crippen molar-refractivity contribution in [3.05, 3.63) is 94.3 Å². The molecule has 0 fully saturated rings. The number of nitrogens with zero attached hydrogens (tertiary/aromatic N) is 2. The minimum absolute atomic E-state index is 0.120. The van der Waals surface area contributed by atoms with Crippen molar-refractivity contribution < 1.29 is 14.3 Å². The second kappa shape index (κ2) is 9.61. The van der Waals surface area contributed by atoms with Gasteiger partial charge in [0, 0.05) is 6.54 Å². The molecule has 0 aliphatic carbocycles. The zero-order valence-corrected chi connectivity index (χ0v) is 19.4. The Bertz CT molecular complexity index is 1400. The van der Waals surface area contributed by atoms with Crippen molar-refractivity contribution in [2.45, 2.75) is 24.7 Å². The Morgan fingerprint density at radius 2 is 1.82 bits per heavy atom. The van der Waals surface area contributed by atoms with Crippen molar-refractivity contribution in [1.29, 1.82) is 0 Å². The molecule has 34 heavy (non-hydrogen) atoms. The average Bonchev–Trinajstić information content (AvgIpc) is 3.34. The maximum absolute atomic E-state index is 13.4. The van der Waals surface area contributed by atoms with Crippen LogP contribution in [-0.4, -0.2) is 28.0 Å². The molecule has 0 saturated heterocycles. The molecule has 0 spiro atoms. The Hall–Kier alpha value is -3.78. The van der Waals surface area contributed by atoms with Gasteiger partial charge in [-0.3, -0.25) is 14.2 Å². The van der Waals surface area contributed by atoms with E-state index >= 15 is 0 Å². The van der Waals surface area contributed by atoms with Crippen LogP contribution in [0.4, 0.5) is 0 Å². The second-order valence-electron chi connectivity index (χ2n) is 7.93. The number of ether oxygens (including phenoxy) is 2. The topological polar surface area (TPSA) is 82.5 Å². The summed E-state index contributed by atoms with van der Waals surface area (Å²) in [6.45, 7) is 2.55. The summed E-state index contributed by atoms with van der Waals surface area (Å²) in [6, 6.07) is 22.4. The third-order valence-corrected chi connectivity index (χ3v) is 6.66. The van der Waals surface area contributed by atoms with E-state index in [1.807, 2.05) is 73.7 Å². The van der Waals surface area contributed by atoms with E-state index in [-0.39, 0.29) is 30.1 Å². The van der Waals surface area contributed by atoms with Gasteiger partial charge >= 0.3 is 0 Å². The number of para-hydroxylation sites is 1. The summed E-state index contributed by atoms with van der Waals surface area (Å²) in [7, 11) is 0. The van der Waals surface area contributed by atoms with Crippen LogP contribution in [0.5, 0.6) is 11.5 Å². The molecule has 1 amide bonds. The van der Waals surface area contributed by atoms with Gasteiger partial charge in [-0.15, -0.1) is 0 Å². The van der Waals surface area contributed by atoms with Crippen LogP contribution >= 0.6 is 11.8 Å². The van der Waals surface area contributed by atoms with Gasteiger partial charge in [0.1, 0.15) is 0 Å². The number of carbonyl (C=O) groups is 1. The van der Waals surface area contributed by atoms with Gasteiger partial charge in [-0.05, 0) is 42.3 Å². The monoisotopic (exact) mass is 473 g/mol. The zero-order chi connectivity index (χ0) is 23.5. The largest absolute Gasteiger partial charge is 0.454 e. The van der Waals surface area contributed by atoms with Crippen molar-refractivity contribution in [2.24, 2.45) is 0 Å². The molecule has 0 radical (unpaired) electrons. The van der Waals surface area contributed by atoms with E-state index in [4.69, 9.17) is 14.5 Å². The zero-order valence-electron chi connectivity index (χ0n) is 18.6. The van der Waals surface area contributed by atoms with Crippen molar-refractivity contribution in [3.8, 4) is 11.5 Å². The lowest BCUT2D eigenvalue weighted by Crippen LogP contribution is -2.28. The highest BCUT2D eigenvalue weighted by atomic mass is 32.2. The summed E-state index contributed by atoms with van der Waals surface area (Å²) in [5.41, 5.74) is 2.41. The van der Waals surface area contributed by atoms with E-state index in [0.717, 1.165) is 11.1 Å². The molecule has 0 unspecified atom stereocenters. The molecular weight excluding hydrogens is 450 g/mol. The van der Waals surface area contributed by atoms with E-state index in [2.05, 4.69) is 5.32 Å². The summed E-state index contributed by atoms with van der Waals surface area (Å²) >= 11 is 1.26. The number of hydrogen-bond donors (Lipinski definition) is 1. The molecule has 1 atom stereocenters. The molecule has 1 aliphatic rings. The first kappa shape index (κ1) is 22.0. The maximum Gasteiger partial charge on any atom is 0.262 e. The third-order valence-electron chi connectivity index (χ3n) is 5.70. The quantitative estimate of drug-likeness (QED) is 0.321. The maximum atomic E-state index is 13.4. The summed E-state index contributed by atoms with van der Waals surface area (Å²) in [5.74, 6) is 1.37. The molecule has 7 nitrogen and oxygen atoms in total. The van der Waals surface area contributed by atoms with Crippen molar-refractivity contribution in [1.82, 2.24) is 14.9 Å². The van der Waals surface area contributed by atoms with Crippen molar-refractivity contribution >= 4 is 28.6 Å². The number of rotatable bonds is 7. The molecule has 2 heterocycles. The van der Waals surface area contributed by atoms with E-state index in [1.54, 1.807) is 10.6 Å². The van der Waals surface area contributed by atoms with Crippen LogP contribution < -0.4 is 20.3 Å². The number of thioether (sulfide) groups is 1. The van der Waals surface area contributed by atoms with Gasteiger partial charge in [-0.25, -0.2) is 4.98 Å². The number of amides is 1. The molecule has 3 aromatic carbocycles. The van der Waals surface area contributed by atoms with Gasteiger partial charge < -0.3 is 14.8 Å². The Morgan fingerprint density at radius 1 is 1.06 bits per heavy atom. The molecule has 8 heteroatoms. The minimum Gasteiger partial charge on any atom is -0.454 e. The minimum atomic E-state index is -0.231. The first-order valence-electron chi connectivity index (χ1n) is 10.9. The Labute approximate surface area is 200 Å². The van der Waals surface area contributed by atoms with Gasteiger partial charge in [-0.1, -0.05) is 60.3 Å². The third kappa shape index (κ3) is 4.49. The number of hydrogen-bond acceptors (Lipinski definition) is 6. The van der Waals surface area contributed by atoms with Crippen LogP contribution in [0, 0.1) is 0 Å². The van der Waals surface area contributed by atoms with Gasteiger partial charge in [0.15, 0.2) is 16.7 Å². The van der Waals surface area contributed by atoms with Gasteiger partial charge in [0.25, 0.3) is 5.56 Å². The average molecular weight is 474 g/mol. The predicted molar refractivity (Wildman–Crippen MR) is 131 cm³/mol. The second-order valence-corrected chi connectivity index (χ2v) is 8.87. The number of benzene rings is 3. The highest BCUT2D eigenvalue weighted by Gasteiger charge is 2.19. The molecule has 5 rings (SSSR count). The Balaban J connectivity index is 1.35. The molecule has 1 aromatic heterocycles. The Kier molecular flexibility index (Phi) is 6.22. The first-order valence-corrected chi connectivity index (χ1v) is 11.9. The first-order chi connectivity index (χ1) is 16.6. The molecule has 0 saturated carbocycles. The lowest BCUT2D eigenvalue weighted by Gasteiger charge is -2.20. The molecule has 1 aliphatic heterocycles. The van der Waals surface area contributed by atoms with Crippen molar-refractivity contribution in [2.75, 3.05) is 12.5 Å². The summed E-state index contributed by atoms with van der Waals surface area (Å²) in [5, 5.41) is 3.99. The molecule has 4 aromatic rings. The van der Waals surface area contributed by atoms with Gasteiger partial charge in [0.05, 0.1) is 22.7 Å². The fourth-order valence-corrected chi connectivity index (χ4v) is 4.79. The van der Waals surface area contributed by atoms with Gasteiger partial charge in [0.2, 0.25) is 12.7 Å². The number of carbonyl (C=O) groups excluding carboxylic acids is 1. The van der Waals surface area contributed by atoms with Crippen LogP contribution in [-0.2, 0) is 11.3 Å². The predicted octanol–water partition coefficient (Wildman–Crippen LogP) is 4.14. The van der Waals surface area contributed by atoms with Crippen LogP contribution in [0.25, 0.3) is 10.9 Å². The van der Waals surface area contributed by atoms with E-state index < -0.39 is 0 Å². The molecule has 1 N–H and O–H groups in total. The Morgan fingerprint density at radius 3 is 2.68 bits per heavy atom. The summed E-state index contributed by atoms with van der Waals surface area (Å²) in [6.07, 6.45) is 0. The van der Waals surface area contributed by atoms with E-state index in [0.29, 0.717) is 34.1 Å². The molecular formula is C26H23N3O4S. The molecule has 172 valence electrons. The number of fused-ring (bicyclic) bond motifs is 2. The normalized spacial score (nSPS) is 13.1. The smallest absolute Gasteiger partial charge is 0.262 e. The van der Waals surface area contributed by atoms with Crippen LogP contribution in [0.2, 0.25) is 0 Å². The number of nitrogens with one attached hydrogen (secondary N) is 1. The fourth-order valence-electron chi connectivity index (χ4n) is 3.88. The van der Waals surface area contributed by atoms with Crippen LogP contribution in [0.3, 0.4) is 0 Å². The lowest BCUT2D eigenvalue weighted by atomic mass is 10.1. The highest BCUT2D eigenvalue weighted by Crippen LogP contribution is 2.32.